The molecule has 2 aromatic carbocycles. The van der Waals surface area contributed by atoms with E-state index in [1.165, 1.54) is 0 Å². The van der Waals surface area contributed by atoms with Gasteiger partial charge in [-0.25, -0.2) is 4.68 Å². The Bertz CT molecular complexity index is 1320. The van der Waals surface area contributed by atoms with Crippen LogP contribution in [0.3, 0.4) is 0 Å². The van der Waals surface area contributed by atoms with Gasteiger partial charge in [-0.15, -0.1) is 5.10 Å². The molecule has 0 atom stereocenters. The maximum atomic E-state index is 13.6. The number of rotatable bonds is 4. The van der Waals surface area contributed by atoms with E-state index in [0.717, 1.165) is 22.5 Å². The number of halogens is 2. The van der Waals surface area contributed by atoms with Gasteiger partial charge >= 0.3 is 0 Å². The molecule has 0 N–H and O–H groups in total. The van der Waals surface area contributed by atoms with E-state index in [0.29, 0.717) is 47.6 Å². The highest BCUT2D eigenvalue weighted by Crippen LogP contribution is 2.28. The fraction of sp³-hybridized carbons (Fsp3) is 0.200. The molecule has 0 bridgehead atoms. The number of amides is 1. The SMILES string of the molecule is Cc1ccc(Cl)cc1N1CCN(C(=O)c2nnn(-c3ccc(Cl)cc3)c2-c2cccnc2)CC1. The van der Waals surface area contributed by atoms with Crippen molar-refractivity contribution in [1.29, 1.82) is 0 Å². The first-order valence-corrected chi connectivity index (χ1v) is 11.7. The number of aromatic nitrogens is 4. The monoisotopic (exact) mass is 492 g/mol. The summed E-state index contributed by atoms with van der Waals surface area (Å²) in [6.07, 6.45) is 3.40. The lowest BCUT2D eigenvalue weighted by atomic mass is 10.1. The van der Waals surface area contributed by atoms with Gasteiger partial charge < -0.3 is 9.80 Å². The fourth-order valence-corrected chi connectivity index (χ4v) is 4.47. The molecule has 0 spiro atoms. The Morgan fingerprint density at radius 3 is 2.38 bits per heavy atom. The van der Waals surface area contributed by atoms with Crippen LogP contribution in [0.5, 0.6) is 0 Å². The van der Waals surface area contributed by atoms with Gasteiger partial charge in [0.25, 0.3) is 5.91 Å². The van der Waals surface area contributed by atoms with Gasteiger partial charge in [0.1, 0.15) is 5.69 Å². The standard InChI is InChI=1S/C25H22Cl2N6O/c1-17-4-5-20(27)15-22(17)31-11-13-32(14-12-31)25(34)23-24(18-3-2-10-28-16-18)33(30-29-23)21-8-6-19(26)7-9-21/h2-10,15-16H,11-14H2,1H3. The molecule has 7 nitrogen and oxygen atoms in total. The van der Waals surface area contributed by atoms with E-state index in [1.54, 1.807) is 29.2 Å². The number of pyridine rings is 1. The molecule has 0 aliphatic carbocycles. The van der Waals surface area contributed by atoms with E-state index < -0.39 is 0 Å². The third-order valence-corrected chi connectivity index (χ3v) is 6.44. The first-order chi connectivity index (χ1) is 16.5. The summed E-state index contributed by atoms with van der Waals surface area (Å²) < 4.78 is 1.66. The highest BCUT2D eigenvalue weighted by molar-refractivity contribution is 6.31. The summed E-state index contributed by atoms with van der Waals surface area (Å²) in [5, 5.41) is 9.94. The minimum atomic E-state index is -0.151. The molecule has 34 heavy (non-hydrogen) atoms. The minimum absolute atomic E-state index is 0.151. The molecule has 1 saturated heterocycles. The van der Waals surface area contributed by atoms with E-state index >= 15 is 0 Å². The van der Waals surface area contributed by atoms with Crippen molar-refractivity contribution in [2.75, 3.05) is 31.1 Å². The smallest absolute Gasteiger partial charge is 0.276 e. The Morgan fingerprint density at radius 2 is 1.68 bits per heavy atom. The molecular formula is C25H22Cl2N6O. The normalized spacial score (nSPS) is 13.9. The van der Waals surface area contributed by atoms with Gasteiger partial charge in [-0.05, 0) is 61.0 Å². The molecule has 172 valence electrons. The second kappa shape index (κ2) is 9.44. The van der Waals surface area contributed by atoms with Crippen LogP contribution in [0.2, 0.25) is 10.0 Å². The Kier molecular flexibility index (Phi) is 6.22. The van der Waals surface area contributed by atoms with Crippen molar-refractivity contribution in [3.8, 4) is 16.9 Å². The first kappa shape index (κ1) is 22.4. The van der Waals surface area contributed by atoms with E-state index in [4.69, 9.17) is 23.2 Å². The van der Waals surface area contributed by atoms with Crippen molar-refractivity contribution in [2.24, 2.45) is 0 Å². The van der Waals surface area contributed by atoms with Gasteiger partial charge in [0.15, 0.2) is 5.69 Å². The van der Waals surface area contributed by atoms with Gasteiger partial charge in [0, 0.05) is 59.9 Å². The van der Waals surface area contributed by atoms with Crippen molar-refractivity contribution < 1.29 is 4.79 Å². The van der Waals surface area contributed by atoms with Crippen molar-refractivity contribution in [1.82, 2.24) is 24.9 Å². The van der Waals surface area contributed by atoms with Gasteiger partial charge in [-0.2, -0.15) is 0 Å². The molecule has 2 aromatic heterocycles. The van der Waals surface area contributed by atoms with Crippen LogP contribution in [0.1, 0.15) is 16.1 Å². The van der Waals surface area contributed by atoms with E-state index in [1.807, 2.05) is 47.4 Å². The number of aryl methyl sites for hydroxylation is 1. The topological polar surface area (TPSA) is 67.2 Å². The van der Waals surface area contributed by atoms with Gasteiger partial charge in [0.2, 0.25) is 0 Å². The second-order valence-corrected chi connectivity index (χ2v) is 9.00. The predicted molar refractivity (Wildman–Crippen MR) is 134 cm³/mol. The van der Waals surface area contributed by atoms with Crippen LogP contribution in [-0.4, -0.2) is 57.0 Å². The Labute approximate surface area is 207 Å². The van der Waals surface area contributed by atoms with Crippen LogP contribution >= 0.6 is 23.2 Å². The van der Waals surface area contributed by atoms with Gasteiger partial charge in [-0.3, -0.25) is 9.78 Å². The Balaban J connectivity index is 1.43. The van der Waals surface area contributed by atoms with Crippen LogP contribution in [0.15, 0.2) is 67.0 Å². The lowest BCUT2D eigenvalue weighted by Crippen LogP contribution is -2.49. The predicted octanol–water partition coefficient (Wildman–Crippen LogP) is 4.91. The molecule has 4 aromatic rings. The molecule has 1 aliphatic heterocycles. The Hall–Kier alpha value is -3.42. The molecule has 5 rings (SSSR count). The summed E-state index contributed by atoms with van der Waals surface area (Å²) in [6.45, 7) is 4.63. The number of hydrogen-bond acceptors (Lipinski definition) is 5. The summed E-state index contributed by atoms with van der Waals surface area (Å²) in [6, 6.07) is 16.9. The molecule has 0 unspecified atom stereocenters. The van der Waals surface area contributed by atoms with E-state index in [2.05, 4.69) is 27.1 Å². The molecular weight excluding hydrogens is 471 g/mol. The summed E-state index contributed by atoms with van der Waals surface area (Å²) >= 11 is 12.3. The maximum Gasteiger partial charge on any atom is 0.276 e. The van der Waals surface area contributed by atoms with Crippen LogP contribution in [0.4, 0.5) is 5.69 Å². The zero-order chi connectivity index (χ0) is 23.7. The average molecular weight is 493 g/mol. The van der Waals surface area contributed by atoms with Crippen molar-refractivity contribution in [2.45, 2.75) is 6.92 Å². The fourth-order valence-electron chi connectivity index (χ4n) is 4.17. The van der Waals surface area contributed by atoms with Crippen molar-refractivity contribution >= 4 is 34.8 Å². The lowest BCUT2D eigenvalue weighted by molar-refractivity contribution is 0.0741. The zero-order valence-corrected chi connectivity index (χ0v) is 20.0. The number of carbonyl (C=O) groups is 1. The summed E-state index contributed by atoms with van der Waals surface area (Å²) in [5.41, 5.74) is 4.69. The molecule has 1 aliphatic rings. The number of benzene rings is 2. The number of nitrogens with zero attached hydrogens (tertiary/aromatic N) is 6. The summed E-state index contributed by atoms with van der Waals surface area (Å²) in [4.78, 5) is 21.9. The molecule has 9 heteroatoms. The van der Waals surface area contributed by atoms with Crippen LogP contribution in [0.25, 0.3) is 16.9 Å². The highest BCUT2D eigenvalue weighted by atomic mass is 35.5. The zero-order valence-electron chi connectivity index (χ0n) is 18.5. The van der Waals surface area contributed by atoms with E-state index in [-0.39, 0.29) is 5.91 Å². The average Bonchev–Trinajstić information content (AvgIpc) is 3.31. The number of piperazine rings is 1. The summed E-state index contributed by atoms with van der Waals surface area (Å²) in [7, 11) is 0. The van der Waals surface area contributed by atoms with Gasteiger partial charge in [-0.1, -0.05) is 34.5 Å². The minimum Gasteiger partial charge on any atom is -0.368 e. The maximum absolute atomic E-state index is 13.6. The van der Waals surface area contributed by atoms with Gasteiger partial charge in [0.05, 0.1) is 5.69 Å². The molecule has 0 saturated carbocycles. The van der Waals surface area contributed by atoms with Crippen molar-refractivity contribution in [3.05, 3.63) is 88.3 Å². The quantitative estimate of drug-likeness (QED) is 0.404. The number of anilines is 1. The molecule has 1 amide bonds. The van der Waals surface area contributed by atoms with Crippen LogP contribution in [0, 0.1) is 6.92 Å². The third kappa shape index (κ3) is 4.36. The lowest BCUT2D eigenvalue weighted by Gasteiger charge is -2.36. The van der Waals surface area contributed by atoms with E-state index in [9.17, 15) is 4.79 Å². The molecule has 0 radical (unpaired) electrons. The first-order valence-electron chi connectivity index (χ1n) is 10.9. The second-order valence-electron chi connectivity index (χ2n) is 8.13. The Morgan fingerprint density at radius 1 is 0.941 bits per heavy atom. The van der Waals surface area contributed by atoms with Crippen molar-refractivity contribution in [3.63, 3.8) is 0 Å². The third-order valence-electron chi connectivity index (χ3n) is 5.96. The van der Waals surface area contributed by atoms with Crippen LogP contribution < -0.4 is 4.90 Å². The van der Waals surface area contributed by atoms with Crippen LogP contribution in [-0.2, 0) is 0 Å². The number of carbonyl (C=O) groups excluding carboxylic acids is 1. The largest absolute Gasteiger partial charge is 0.368 e. The highest BCUT2D eigenvalue weighted by Gasteiger charge is 2.29. The molecule has 3 heterocycles. The molecule has 1 fully saturated rings. The summed E-state index contributed by atoms with van der Waals surface area (Å²) in [5.74, 6) is -0.151. The number of hydrogen-bond donors (Lipinski definition) is 0.